The van der Waals surface area contributed by atoms with E-state index in [-0.39, 0.29) is 24.1 Å². The molecule has 6 nitrogen and oxygen atoms in total. The topological polar surface area (TPSA) is 97.4 Å². The molecule has 0 radical (unpaired) electrons. The second-order valence-corrected chi connectivity index (χ2v) is 5.15. The number of amides is 2. The monoisotopic (exact) mass is 321 g/mol. The zero-order chi connectivity index (χ0) is 16.1. The summed E-state index contributed by atoms with van der Waals surface area (Å²) in [6.07, 6.45) is 1.54. The highest BCUT2D eigenvalue weighted by molar-refractivity contribution is 6.31. The highest BCUT2D eigenvalue weighted by atomic mass is 35.5. The number of nitrogens with two attached hydrogens (primary N) is 1. The number of anilines is 1. The molecule has 1 aromatic carbocycles. The first kappa shape index (κ1) is 15.9. The summed E-state index contributed by atoms with van der Waals surface area (Å²) < 4.78 is 5.21. The molecule has 4 N–H and O–H groups in total. The molecule has 0 unspecified atom stereocenters. The number of carbonyl (C=O) groups excluding carboxylic acids is 2. The highest BCUT2D eigenvalue weighted by Crippen LogP contribution is 2.20. The molecule has 0 saturated heterocycles. The van der Waals surface area contributed by atoms with E-state index in [0.717, 1.165) is 0 Å². The van der Waals surface area contributed by atoms with Crippen LogP contribution in [0, 0.1) is 0 Å². The van der Waals surface area contributed by atoms with Gasteiger partial charge in [-0.1, -0.05) is 11.6 Å². The van der Waals surface area contributed by atoms with Gasteiger partial charge in [0.25, 0.3) is 5.91 Å². The summed E-state index contributed by atoms with van der Waals surface area (Å²) in [5.74, 6) is -0.184. The maximum Gasteiger partial charge on any atom is 0.250 e. The Kier molecular flexibility index (Phi) is 5.06. The zero-order valence-corrected chi connectivity index (χ0v) is 12.7. The Labute approximate surface area is 132 Å². The molecule has 116 valence electrons. The van der Waals surface area contributed by atoms with Crippen LogP contribution in [0.1, 0.15) is 29.1 Å². The van der Waals surface area contributed by atoms with Gasteiger partial charge in [-0.05, 0) is 37.3 Å². The molecule has 0 aliphatic carbocycles. The molecule has 0 bridgehead atoms. The molecular formula is C15H16ClN3O3. The number of hydrogen-bond acceptors (Lipinski definition) is 4. The molecule has 0 spiro atoms. The van der Waals surface area contributed by atoms with E-state index < -0.39 is 5.91 Å². The summed E-state index contributed by atoms with van der Waals surface area (Å²) in [6, 6.07) is 7.90. The van der Waals surface area contributed by atoms with Gasteiger partial charge in [0.2, 0.25) is 5.91 Å². The summed E-state index contributed by atoms with van der Waals surface area (Å²) in [5.41, 5.74) is 5.97. The van der Waals surface area contributed by atoms with Gasteiger partial charge >= 0.3 is 0 Å². The van der Waals surface area contributed by atoms with Gasteiger partial charge < -0.3 is 20.8 Å². The number of hydrogen-bond donors (Lipinski definition) is 3. The van der Waals surface area contributed by atoms with Crippen LogP contribution < -0.4 is 16.4 Å². The van der Waals surface area contributed by atoms with E-state index in [1.165, 1.54) is 6.07 Å². The Balaban J connectivity index is 1.96. The molecule has 1 atom stereocenters. The van der Waals surface area contributed by atoms with Gasteiger partial charge in [0, 0.05) is 10.7 Å². The van der Waals surface area contributed by atoms with E-state index in [2.05, 4.69) is 10.6 Å². The SMILES string of the molecule is C[C@H](NC(=O)CNc1cc(Cl)ccc1C(N)=O)c1ccco1. The summed E-state index contributed by atoms with van der Waals surface area (Å²) in [7, 11) is 0. The molecule has 22 heavy (non-hydrogen) atoms. The van der Waals surface area contributed by atoms with Crippen molar-refractivity contribution in [2.75, 3.05) is 11.9 Å². The zero-order valence-electron chi connectivity index (χ0n) is 11.9. The lowest BCUT2D eigenvalue weighted by molar-refractivity contribution is -0.120. The van der Waals surface area contributed by atoms with Crippen molar-refractivity contribution in [3.8, 4) is 0 Å². The number of benzene rings is 1. The Morgan fingerprint density at radius 2 is 2.14 bits per heavy atom. The van der Waals surface area contributed by atoms with Crippen molar-refractivity contribution in [3.63, 3.8) is 0 Å². The molecule has 7 heteroatoms. The number of halogens is 1. The van der Waals surface area contributed by atoms with E-state index in [4.69, 9.17) is 21.8 Å². The Morgan fingerprint density at radius 1 is 1.36 bits per heavy atom. The third kappa shape index (κ3) is 4.02. The summed E-state index contributed by atoms with van der Waals surface area (Å²) >= 11 is 5.88. The molecule has 2 amide bonds. The summed E-state index contributed by atoms with van der Waals surface area (Å²) in [5, 5.41) is 6.07. The quantitative estimate of drug-likeness (QED) is 0.760. The van der Waals surface area contributed by atoms with Gasteiger partial charge in [-0.2, -0.15) is 0 Å². The number of nitrogens with one attached hydrogen (secondary N) is 2. The minimum absolute atomic E-state index is 0.0222. The molecule has 0 aliphatic heterocycles. The first-order chi connectivity index (χ1) is 10.5. The fourth-order valence-electron chi connectivity index (χ4n) is 1.95. The van der Waals surface area contributed by atoms with Gasteiger partial charge in [-0.25, -0.2) is 0 Å². The molecule has 0 fully saturated rings. The number of carbonyl (C=O) groups is 2. The van der Waals surface area contributed by atoms with Crippen molar-refractivity contribution in [2.45, 2.75) is 13.0 Å². The highest BCUT2D eigenvalue weighted by Gasteiger charge is 2.13. The van der Waals surface area contributed by atoms with Crippen LogP contribution in [-0.4, -0.2) is 18.4 Å². The van der Waals surface area contributed by atoms with E-state index >= 15 is 0 Å². The summed E-state index contributed by atoms with van der Waals surface area (Å²) in [6.45, 7) is 1.79. The van der Waals surface area contributed by atoms with Gasteiger partial charge in [0.05, 0.1) is 24.4 Å². The molecule has 2 rings (SSSR count). The fraction of sp³-hybridized carbons (Fsp3) is 0.200. The predicted molar refractivity (Wildman–Crippen MR) is 83.7 cm³/mol. The van der Waals surface area contributed by atoms with Crippen LogP contribution >= 0.6 is 11.6 Å². The van der Waals surface area contributed by atoms with Crippen LogP contribution in [0.2, 0.25) is 5.02 Å². The lowest BCUT2D eigenvalue weighted by Crippen LogP contribution is -2.32. The fourth-order valence-corrected chi connectivity index (χ4v) is 2.13. The lowest BCUT2D eigenvalue weighted by atomic mass is 10.1. The Morgan fingerprint density at radius 3 is 2.77 bits per heavy atom. The van der Waals surface area contributed by atoms with Crippen molar-refractivity contribution >= 4 is 29.1 Å². The first-order valence-electron chi connectivity index (χ1n) is 6.63. The maximum absolute atomic E-state index is 11.9. The van der Waals surface area contributed by atoms with Crippen molar-refractivity contribution in [1.82, 2.24) is 5.32 Å². The van der Waals surface area contributed by atoms with E-state index in [1.54, 1.807) is 30.5 Å². The molecular weight excluding hydrogens is 306 g/mol. The van der Waals surface area contributed by atoms with Crippen LogP contribution in [0.3, 0.4) is 0 Å². The molecule has 0 aliphatic rings. The van der Waals surface area contributed by atoms with Crippen molar-refractivity contribution in [2.24, 2.45) is 5.73 Å². The van der Waals surface area contributed by atoms with Crippen molar-refractivity contribution in [3.05, 3.63) is 52.9 Å². The second kappa shape index (κ2) is 7.00. The number of primary amides is 1. The van der Waals surface area contributed by atoms with E-state index in [1.807, 2.05) is 6.92 Å². The minimum Gasteiger partial charge on any atom is -0.467 e. The number of furan rings is 1. The third-order valence-corrected chi connectivity index (χ3v) is 3.27. The number of rotatable bonds is 6. The molecule has 1 aromatic heterocycles. The van der Waals surface area contributed by atoms with Gasteiger partial charge in [0.15, 0.2) is 0 Å². The van der Waals surface area contributed by atoms with Gasteiger partial charge in [0.1, 0.15) is 5.76 Å². The summed E-state index contributed by atoms with van der Waals surface area (Å²) in [4.78, 5) is 23.3. The Bertz CT molecular complexity index is 671. The molecule has 0 saturated carbocycles. The molecule has 1 heterocycles. The van der Waals surface area contributed by atoms with Gasteiger partial charge in [-0.3, -0.25) is 9.59 Å². The average Bonchev–Trinajstić information content (AvgIpc) is 2.99. The smallest absolute Gasteiger partial charge is 0.250 e. The van der Waals surface area contributed by atoms with Crippen molar-refractivity contribution < 1.29 is 14.0 Å². The molecule has 2 aromatic rings. The largest absolute Gasteiger partial charge is 0.467 e. The Hall–Kier alpha value is -2.47. The van der Waals surface area contributed by atoms with Crippen LogP contribution in [-0.2, 0) is 4.79 Å². The standard InChI is InChI=1S/C15H16ClN3O3/c1-9(13-3-2-6-22-13)19-14(20)8-18-12-7-10(16)4-5-11(12)15(17)21/h2-7,9,18H,8H2,1H3,(H2,17,21)(H,19,20)/t9-/m0/s1. The third-order valence-electron chi connectivity index (χ3n) is 3.03. The van der Waals surface area contributed by atoms with Crippen LogP contribution in [0.5, 0.6) is 0 Å². The second-order valence-electron chi connectivity index (χ2n) is 4.71. The lowest BCUT2D eigenvalue weighted by Gasteiger charge is -2.14. The van der Waals surface area contributed by atoms with E-state index in [0.29, 0.717) is 16.5 Å². The van der Waals surface area contributed by atoms with Crippen LogP contribution in [0.15, 0.2) is 41.0 Å². The van der Waals surface area contributed by atoms with Crippen LogP contribution in [0.4, 0.5) is 5.69 Å². The first-order valence-corrected chi connectivity index (χ1v) is 7.01. The maximum atomic E-state index is 11.9. The average molecular weight is 322 g/mol. The predicted octanol–water partition coefficient (Wildman–Crippen LogP) is 2.32. The normalized spacial score (nSPS) is 11.7. The van der Waals surface area contributed by atoms with Crippen molar-refractivity contribution in [1.29, 1.82) is 0 Å². The van der Waals surface area contributed by atoms with Gasteiger partial charge in [-0.15, -0.1) is 0 Å². The van der Waals surface area contributed by atoms with E-state index in [9.17, 15) is 9.59 Å². The van der Waals surface area contributed by atoms with Crippen LogP contribution in [0.25, 0.3) is 0 Å². The minimum atomic E-state index is -0.594.